The van der Waals surface area contributed by atoms with E-state index in [1.165, 1.54) is 0 Å². The highest BCUT2D eigenvalue weighted by Gasteiger charge is 2.27. The largest absolute Gasteiger partial charge is 0.480 e. The van der Waals surface area contributed by atoms with E-state index in [-0.39, 0.29) is 11.5 Å². The number of carboxylic acids is 1. The van der Waals surface area contributed by atoms with Crippen molar-refractivity contribution < 1.29 is 32.7 Å². The van der Waals surface area contributed by atoms with E-state index in [0.29, 0.717) is 0 Å². The summed E-state index contributed by atoms with van der Waals surface area (Å²) in [5.74, 6) is -3.12. The Kier molecular flexibility index (Phi) is 7.27. The molecule has 3 N–H and O–H groups in total. The van der Waals surface area contributed by atoms with Crippen molar-refractivity contribution in [1.29, 1.82) is 0 Å². The van der Waals surface area contributed by atoms with Crippen LogP contribution in [0.2, 0.25) is 0 Å². The second-order valence-corrected chi connectivity index (χ2v) is 4.53. The molecule has 0 spiro atoms. The molecule has 0 aromatic carbocycles. The third-order valence-electron chi connectivity index (χ3n) is 1.68. The van der Waals surface area contributed by atoms with Crippen LogP contribution < -0.4 is 10.6 Å². The highest BCUT2D eigenvalue weighted by Crippen LogP contribution is 2.12. The zero-order valence-corrected chi connectivity index (χ0v) is 10.7. The van der Waals surface area contributed by atoms with Crippen molar-refractivity contribution in [1.82, 2.24) is 10.6 Å². The summed E-state index contributed by atoms with van der Waals surface area (Å²) in [6.07, 6.45) is -4.49. The lowest BCUT2D eigenvalue weighted by Crippen LogP contribution is -2.42. The molecule has 0 radical (unpaired) electrons. The van der Waals surface area contributed by atoms with Gasteiger partial charge in [-0.1, -0.05) is 0 Å². The third kappa shape index (κ3) is 10.2. The molecular formula is C9H13F3N2O4S. The van der Waals surface area contributed by atoms with Crippen molar-refractivity contribution in [2.45, 2.75) is 19.1 Å². The van der Waals surface area contributed by atoms with Gasteiger partial charge in [0.25, 0.3) is 0 Å². The fourth-order valence-corrected chi connectivity index (χ4v) is 1.81. The van der Waals surface area contributed by atoms with Gasteiger partial charge >= 0.3 is 12.1 Å². The number of halogens is 3. The molecule has 19 heavy (non-hydrogen) atoms. The zero-order valence-electron chi connectivity index (χ0n) is 9.91. The van der Waals surface area contributed by atoms with Crippen molar-refractivity contribution >= 4 is 29.5 Å². The van der Waals surface area contributed by atoms with Crippen LogP contribution in [0.15, 0.2) is 0 Å². The Morgan fingerprint density at radius 2 is 1.89 bits per heavy atom. The fraction of sp³-hybridized carbons (Fsp3) is 0.667. The van der Waals surface area contributed by atoms with Crippen molar-refractivity contribution in [3.05, 3.63) is 0 Å². The second-order valence-electron chi connectivity index (χ2n) is 3.50. The molecule has 1 atom stereocenters. The summed E-state index contributed by atoms with van der Waals surface area (Å²) in [6, 6.07) is -1.18. The average Bonchev–Trinajstić information content (AvgIpc) is 2.23. The van der Waals surface area contributed by atoms with Crippen LogP contribution in [0, 0.1) is 0 Å². The zero-order chi connectivity index (χ0) is 15.1. The van der Waals surface area contributed by atoms with Crippen molar-refractivity contribution in [3.8, 4) is 0 Å². The predicted molar refractivity (Wildman–Crippen MR) is 61.6 cm³/mol. The number of hydrogen-bond acceptors (Lipinski definition) is 4. The Balaban J connectivity index is 3.96. The van der Waals surface area contributed by atoms with E-state index < -0.39 is 36.5 Å². The SMILES string of the molecule is CC(=O)N[C@@H](CSCC(=O)NCC(F)(F)F)C(=O)O. The number of alkyl halides is 3. The van der Waals surface area contributed by atoms with Crippen LogP contribution in [0.25, 0.3) is 0 Å². The molecule has 0 fully saturated rings. The Labute approximate surface area is 111 Å². The van der Waals surface area contributed by atoms with Gasteiger partial charge in [0.2, 0.25) is 11.8 Å². The maximum absolute atomic E-state index is 11.8. The summed E-state index contributed by atoms with van der Waals surface area (Å²) in [5, 5.41) is 12.5. The quantitative estimate of drug-likeness (QED) is 0.614. The molecule has 0 rings (SSSR count). The van der Waals surface area contributed by atoms with Gasteiger partial charge in [-0.3, -0.25) is 9.59 Å². The molecule has 0 unspecified atom stereocenters. The third-order valence-corrected chi connectivity index (χ3v) is 2.71. The van der Waals surface area contributed by atoms with E-state index in [9.17, 15) is 27.6 Å². The molecule has 0 heterocycles. The molecule has 0 aromatic heterocycles. The summed E-state index contributed by atoms with van der Waals surface area (Å²) in [4.78, 5) is 32.4. The van der Waals surface area contributed by atoms with Gasteiger partial charge in [-0.2, -0.15) is 13.2 Å². The Hall–Kier alpha value is -1.45. The predicted octanol–water partition coefficient (Wildman–Crippen LogP) is -0.0126. The van der Waals surface area contributed by atoms with Crippen LogP contribution in [-0.2, 0) is 14.4 Å². The van der Waals surface area contributed by atoms with Crippen molar-refractivity contribution in [3.63, 3.8) is 0 Å². The summed E-state index contributed by atoms with van der Waals surface area (Å²) in [7, 11) is 0. The molecule has 10 heteroatoms. The molecular weight excluding hydrogens is 289 g/mol. The molecule has 0 saturated carbocycles. The second kappa shape index (κ2) is 7.87. The molecule has 0 saturated heterocycles. The number of aliphatic carboxylic acids is 1. The standard InChI is InChI=1S/C9H13F3N2O4S/c1-5(15)14-6(8(17)18)2-19-3-7(16)13-4-9(10,11)12/h6H,2-4H2,1H3,(H,13,16)(H,14,15)(H,17,18)/t6-/m0/s1. The minimum atomic E-state index is -4.49. The molecule has 0 aliphatic heterocycles. The summed E-state index contributed by atoms with van der Waals surface area (Å²) in [5.41, 5.74) is 0. The summed E-state index contributed by atoms with van der Waals surface area (Å²) in [6.45, 7) is -0.295. The van der Waals surface area contributed by atoms with Crippen LogP contribution in [0.5, 0.6) is 0 Å². The van der Waals surface area contributed by atoms with E-state index in [2.05, 4.69) is 5.32 Å². The first-order valence-electron chi connectivity index (χ1n) is 5.03. The van der Waals surface area contributed by atoms with E-state index in [0.717, 1.165) is 18.7 Å². The smallest absolute Gasteiger partial charge is 0.405 e. The number of rotatable bonds is 7. The number of carbonyl (C=O) groups is 3. The lowest BCUT2D eigenvalue weighted by atomic mass is 10.3. The van der Waals surface area contributed by atoms with Gasteiger partial charge in [-0.05, 0) is 0 Å². The first-order chi connectivity index (χ1) is 8.61. The Bertz CT molecular complexity index is 349. The van der Waals surface area contributed by atoms with Gasteiger partial charge in [0, 0.05) is 12.7 Å². The van der Waals surface area contributed by atoms with Crippen LogP contribution in [0.4, 0.5) is 13.2 Å². The van der Waals surface area contributed by atoms with E-state index in [1.807, 2.05) is 0 Å². The minimum absolute atomic E-state index is 0.117. The maximum Gasteiger partial charge on any atom is 0.405 e. The van der Waals surface area contributed by atoms with Crippen LogP contribution in [0.1, 0.15) is 6.92 Å². The number of carbonyl (C=O) groups excluding carboxylic acids is 2. The number of hydrogen-bond donors (Lipinski definition) is 3. The van der Waals surface area contributed by atoms with Crippen molar-refractivity contribution in [2.75, 3.05) is 18.1 Å². The normalized spacial score (nSPS) is 12.6. The Morgan fingerprint density at radius 3 is 2.32 bits per heavy atom. The van der Waals surface area contributed by atoms with Gasteiger partial charge in [0.1, 0.15) is 12.6 Å². The number of carboxylic acid groups (broad SMARTS) is 1. The Morgan fingerprint density at radius 1 is 1.32 bits per heavy atom. The molecule has 110 valence electrons. The van der Waals surface area contributed by atoms with Crippen LogP contribution in [-0.4, -0.2) is 53.2 Å². The lowest BCUT2D eigenvalue weighted by Gasteiger charge is -2.13. The number of amides is 2. The molecule has 0 aliphatic carbocycles. The van der Waals surface area contributed by atoms with Crippen LogP contribution in [0.3, 0.4) is 0 Å². The summed E-state index contributed by atoms with van der Waals surface area (Å²) >= 11 is 0.815. The molecule has 6 nitrogen and oxygen atoms in total. The number of thioether (sulfide) groups is 1. The maximum atomic E-state index is 11.8. The van der Waals surface area contributed by atoms with Gasteiger partial charge in [0.05, 0.1) is 5.75 Å². The first-order valence-corrected chi connectivity index (χ1v) is 6.18. The molecule has 0 bridgehead atoms. The van der Waals surface area contributed by atoms with Gasteiger partial charge in [-0.25, -0.2) is 4.79 Å². The van der Waals surface area contributed by atoms with E-state index in [4.69, 9.17) is 5.11 Å². The molecule has 0 aliphatic rings. The average molecular weight is 302 g/mol. The van der Waals surface area contributed by atoms with Gasteiger partial charge in [-0.15, -0.1) is 11.8 Å². The highest BCUT2D eigenvalue weighted by molar-refractivity contribution is 8.00. The summed E-state index contributed by atoms with van der Waals surface area (Å²) < 4.78 is 35.3. The minimum Gasteiger partial charge on any atom is -0.480 e. The number of nitrogens with one attached hydrogen (secondary N) is 2. The van der Waals surface area contributed by atoms with Crippen LogP contribution >= 0.6 is 11.8 Å². The first kappa shape index (κ1) is 17.6. The molecule has 0 aromatic rings. The highest BCUT2D eigenvalue weighted by atomic mass is 32.2. The fourth-order valence-electron chi connectivity index (χ4n) is 0.939. The topological polar surface area (TPSA) is 95.5 Å². The lowest BCUT2D eigenvalue weighted by molar-refractivity contribution is -0.140. The van der Waals surface area contributed by atoms with E-state index >= 15 is 0 Å². The molecule has 2 amide bonds. The van der Waals surface area contributed by atoms with Crippen molar-refractivity contribution in [2.24, 2.45) is 0 Å². The van der Waals surface area contributed by atoms with Gasteiger partial charge in [0.15, 0.2) is 0 Å². The van der Waals surface area contributed by atoms with Gasteiger partial charge < -0.3 is 15.7 Å². The monoisotopic (exact) mass is 302 g/mol. The van der Waals surface area contributed by atoms with E-state index in [1.54, 1.807) is 5.32 Å².